The highest BCUT2D eigenvalue weighted by atomic mass is 16.3. The predicted octanol–water partition coefficient (Wildman–Crippen LogP) is 6.10. The van der Waals surface area contributed by atoms with Gasteiger partial charge in [0.05, 0.1) is 0 Å². The second-order valence-electron chi connectivity index (χ2n) is 5.24. The van der Waals surface area contributed by atoms with Gasteiger partial charge in [-0.15, -0.1) is 0 Å². The summed E-state index contributed by atoms with van der Waals surface area (Å²) in [5, 5.41) is 9.15. The van der Waals surface area contributed by atoms with E-state index in [2.05, 4.69) is 20.8 Å². The van der Waals surface area contributed by atoms with Gasteiger partial charge in [0.2, 0.25) is 0 Å². The lowest BCUT2D eigenvalue weighted by Gasteiger charge is -2.02. The number of aryl methyl sites for hydroxylation is 1. The van der Waals surface area contributed by atoms with Crippen LogP contribution in [0, 0.1) is 0 Å². The maximum atomic E-state index is 9.15. The fourth-order valence-corrected chi connectivity index (χ4v) is 1.95. The van der Waals surface area contributed by atoms with Gasteiger partial charge in [0.25, 0.3) is 0 Å². The van der Waals surface area contributed by atoms with Gasteiger partial charge in [0, 0.05) is 0 Å². The van der Waals surface area contributed by atoms with Crippen molar-refractivity contribution < 1.29 is 5.11 Å². The molecule has 0 unspecified atom stereocenters. The number of phenols is 1. The van der Waals surface area contributed by atoms with E-state index in [1.807, 2.05) is 12.1 Å². The summed E-state index contributed by atoms with van der Waals surface area (Å²) in [6, 6.07) is 7.59. The summed E-state index contributed by atoms with van der Waals surface area (Å²) in [6.07, 6.45) is 11.9. The summed E-state index contributed by atoms with van der Waals surface area (Å²) in [5.74, 6) is 0.364. The molecule has 19 heavy (non-hydrogen) atoms. The molecule has 0 aromatic heterocycles. The second-order valence-corrected chi connectivity index (χ2v) is 5.24. The molecular weight excluding hydrogens is 232 g/mol. The van der Waals surface area contributed by atoms with Gasteiger partial charge in [-0.2, -0.15) is 0 Å². The lowest BCUT2D eigenvalue weighted by atomic mass is 10.0. The first kappa shape index (κ1) is 18.0. The van der Waals surface area contributed by atoms with Crippen molar-refractivity contribution in [3.05, 3.63) is 29.8 Å². The third-order valence-electron chi connectivity index (χ3n) is 3.01. The van der Waals surface area contributed by atoms with Crippen LogP contribution in [0.3, 0.4) is 0 Å². The Kier molecular flexibility index (Phi) is 12.8. The van der Waals surface area contributed by atoms with E-state index in [1.165, 1.54) is 56.9 Å². The van der Waals surface area contributed by atoms with Crippen molar-refractivity contribution in [1.82, 2.24) is 0 Å². The standard InChI is InChI=1S/C15H24O.C3H8/c1-2-3-4-5-6-7-8-9-14-10-12-15(16)13-11-14;1-3-2/h10-13,16H,2-9H2,1H3;3H2,1-2H3. The maximum absolute atomic E-state index is 9.15. The minimum Gasteiger partial charge on any atom is -0.508 e. The van der Waals surface area contributed by atoms with Crippen molar-refractivity contribution in [2.45, 2.75) is 78.6 Å². The van der Waals surface area contributed by atoms with Crippen molar-refractivity contribution in [3.8, 4) is 5.75 Å². The highest BCUT2D eigenvalue weighted by Gasteiger charge is 1.94. The summed E-state index contributed by atoms with van der Waals surface area (Å²) in [5.41, 5.74) is 1.34. The lowest BCUT2D eigenvalue weighted by Crippen LogP contribution is -1.85. The van der Waals surface area contributed by atoms with Crippen molar-refractivity contribution in [3.63, 3.8) is 0 Å². The van der Waals surface area contributed by atoms with Gasteiger partial charge in [-0.05, 0) is 30.5 Å². The molecule has 1 nitrogen and oxygen atoms in total. The summed E-state index contributed by atoms with van der Waals surface area (Å²) in [4.78, 5) is 0. The largest absolute Gasteiger partial charge is 0.508 e. The van der Waals surface area contributed by atoms with Gasteiger partial charge in [-0.3, -0.25) is 0 Å². The number of hydrogen-bond acceptors (Lipinski definition) is 1. The van der Waals surface area contributed by atoms with Crippen LogP contribution >= 0.6 is 0 Å². The van der Waals surface area contributed by atoms with E-state index >= 15 is 0 Å². The van der Waals surface area contributed by atoms with Gasteiger partial charge >= 0.3 is 0 Å². The normalized spacial score (nSPS) is 9.84. The Morgan fingerprint density at radius 1 is 0.737 bits per heavy atom. The zero-order valence-corrected chi connectivity index (χ0v) is 13.1. The summed E-state index contributed by atoms with van der Waals surface area (Å²) in [7, 11) is 0. The molecule has 0 atom stereocenters. The molecule has 0 bridgehead atoms. The molecule has 0 aliphatic carbocycles. The smallest absolute Gasteiger partial charge is 0.115 e. The monoisotopic (exact) mass is 264 g/mol. The zero-order valence-electron chi connectivity index (χ0n) is 13.1. The van der Waals surface area contributed by atoms with Crippen LogP contribution in [0.15, 0.2) is 24.3 Å². The van der Waals surface area contributed by atoms with Gasteiger partial charge in [0.1, 0.15) is 5.75 Å². The molecule has 0 spiro atoms. The van der Waals surface area contributed by atoms with Crippen molar-refractivity contribution >= 4 is 0 Å². The quantitative estimate of drug-likeness (QED) is 0.562. The van der Waals surface area contributed by atoms with Gasteiger partial charge in [-0.1, -0.05) is 77.8 Å². The Morgan fingerprint density at radius 3 is 1.74 bits per heavy atom. The van der Waals surface area contributed by atoms with Crippen LogP contribution in [-0.2, 0) is 6.42 Å². The Bertz CT molecular complexity index is 276. The molecule has 0 amide bonds. The molecule has 0 aliphatic rings. The third kappa shape index (κ3) is 11.8. The third-order valence-corrected chi connectivity index (χ3v) is 3.01. The van der Waals surface area contributed by atoms with E-state index < -0.39 is 0 Å². The average Bonchev–Trinajstić information content (AvgIpc) is 2.41. The van der Waals surface area contributed by atoms with Crippen LogP contribution in [0.5, 0.6) is 5.75 Å². The van der Waals surface area contributed by atoms with E-state index in [0.29, 0.717) is 5.75 Å². The number of benzene rings is 1. The predicted molar refractivity (Wildman–Crippen MR) is 85.8 cm³/mol. The summed E-state index contributed by atoms with van der Waals surface area (Å²) < 4.78 is 0. The van der Waals surface area contributed by atoms with E-state index in [4.69, 9.17) is 5.11 Å². The highest BCUT2D eigenvalue weighted by molar-refractivity contribution is 5.25. The number of phenolic OH excluding ortho intramolecular Hbond substituents is 1. The zero-order chi connectivity index (χ0) is 14.3. The Balaban J connectivity index is 0.000000982. The molecule has 0 heterocycles. The van der Waals surface area contributed by atoms with E-state index in [1.54, 1.807) is 12.1 Å². The molecule has 0 saturated carbocycles. The van der Waals surface area contributed by atoms with Crippen LogP contribution in [0.2, 0.25) is 0 Å². The summed E-state index contributed by atoms with van der Waals surface area (Å²) >= 11 is 0. The molecule has 110 valence electrons. The number of hydrogen-bond donors (Lipinski definition) is 1. The maximum Gasteiger partial charge on any atom is 0.115 e. The summed E-state index contributed by atoms with van der Waals surface area (Å²) in [6.45, 7) is 6.50. The van der Waals surface area contributed by atoms with Crippen LogP contribution in [0.25, 0.3) is 0 Å². The molecule has 1 aromatic carbocycles. The van der Waals surface area contributed by atoms with Crippen LogP contribution in [-0.4, -0.2) is 5.11 Å². The first-order valence-corrected chi connectivity index (χ1v) is 8.02. The van der Waals surface area contributed by atoms with Crippen molar-refractivity contribution in [2.75, 3.05) is 0 Å². The minimum atomic E-state index is 0.364. The van der Waals surface area contributed by atoms with Crippen molar-refractivity contribution in [1.29, 1.82) is 0 Å². The SMILES string of the molecule is CCC.CCCCCCCCCc1ccc(O)cc1. The molecule has 1 aromatic rings. The number of rotatable bonds is 8. The Morgan fingerprint density at radius 2 is 1.21 bits per heavy atom. The first-order chi connectivity index (χ1) is 9.24. The lowest BCUT2D eigenvalue weighted by molar-refractivity contribution is 0.475. The number of unbranched alkanes of at least 4 members (excludes halogenated alkanes) is 6. The van der Waals surface area contributed by atoms with Gasteiger partial charge < -0.3 is 5.11 Å². The van der Waals surface area contributed by atoms with E-state index in [0.717, 1.165) is 6.42 Å². The van der Waals surface area contributed by atoms with Gasteiger partial charge in [-0.25, -0.2) is 0 Å². The highest BCUT2D eigenvalue weighted by Crippen LogP contribution is 2.13. The fourth-order valence-electron chi connectivity index (χ4n) is 1.95. The molecule has 0 radical (unpaired) electrons. The van der Waals surface area contributed by atoms with Crippen LogP contribution in [0.4, 0.5) is 0 Å². The van der Waals surface area contributed by atoms with E-state index in [9.17, 15) is 0 Å². The average molecular weight is 264 g/mol. The molecule has 1 N–H and O–H groups in total. The van der Waals surface area contributed by atoms with E-state index in [-0.39, 0.29) is 0 Å². The molecule has 1 heteroatoms. The van der Waals surface area contributed by atoms with Crippen LogP contribution in [0.1, 0.15) is 77.7 Å². The van der Waals surface area contributed by atoms with Crippen molar-refractivity contribution in [2.24, 2.45) is 0 Å². The molecule has 0 fully saturated rings. The Hall–Kier alpha value is -0.980. The molecule has 1 rings (SSSR count). The molecule has 0 saturated heterocycles. The Labute approximate surface area is 120 Å². The molecular formula is C18H32O. The van der Waals surface area contributed by atoms with Crippen LogP contribution < -0.4 is 0 Å². The molecule has 0 aliphatic heterocycles. The second kappa shape index (κ2) is 13.5. The first-order valence-electron chi connectivity index (χ1n) is 8.02. The van der Waals surface area contributed by atoms with Gasteiger partial charge in [0.15, 0.2) is 0 Å². The minimum absolute atomic E-state index is 0.364. The topological polar surface area (TPSA) is 20.2 Å². The fraction of sp³-hybridized carbons (Fsp3) is 0.667. The number of aromatic hydroxyl groups is 1.